The van der Waals surface area contributed by atoms with E-state index < -0.39 is 6.04 Å². The fourth-order valence-electron chi connectivity index (χ4n) is 1.35. The lowest BCUT2D eigenvalue weighted by Gasteiger charge is -2.09. The largest absolute Gasteiger partial charge is 0.494 e. The van der Waals surface area contributed by atoms with E-state index >= 15 is 0 Å². The minimum absolute atomic E-state index is 0.120. The van der Waals surface area contributed by atoms with Crippen LogP contribution < -0.4 is 10.5 Å². The van der Waals surface area contributed by atoms with Crippen LogP contribution in [0.25, 0.3) is 0 Å². The summed E-state index contributed by atoms with van der Waals surface area (Å²) in [7, 11) is 1.52. The predicted octanol–water partition coefficient (Wildman–Crippen LogP) is 1.24. The van der Waals surface area contributed by atoms with Crippen molar-refractivity contribution in [3.05, 3.63) is 29.8 Å². The Balaban J connectivity index is 2.69. The van der Waals surface area contributed by atoms with Crippen LogP contribution >= 0.6 is 0 Å². The van der Waals surface area contributed by atoms with Crippen molar-refractivity contribution in [1.82, 2.24) is 0 Å². The number of methoxy groups -OCH3 is 1. The molecule has 1 unspecified atom stereocenters. The van der Waals surface area contributed by atoms with Crippen molar-refractivity contribution < 1.29 is 14.3 Å². The van der Waals surface area contributed by atoms with Gasteiger partial charge < -0.3 is 15.2 Å². The number of ether oxygens (including phenoxy) is 2. The summed E-state index contributed by atoms with van der Waals surface area (Å²) >= 11 is 0. The fourth-order valence-corrected chi connectivity index (χ4v) is 1.35. The molecule has 2 N–H and O–H groups in total. The zero-order chi connectivity index (χ0) is 12.0. The molecule has 0 aliphatic rings. The van der Waals surface area contributed by atoms with Gasteiger partial charge in [-0.1, -0.05) is 0 Å². The molecule has 0 bridgehead atoms. The van der Waals surface area contributed by atoms with Crippen LogP contribution in [0.15, 0.2) is 24.3 Å². The lowest BCUT2D eigenvalue weighted by molar-refractivity contribution is 0.0892. The van der Waals surface area contributed by atoms with E-state index in [-0.39, 0.29) is 12.4 Å². The Bertz CT molecular complexity index is 335. The van der Waals surface area contributed by atoms with Crippen molar-refractivity contribution >= 4 is 5.78 Å². The molecule has 1 aromatic carbocycles. The first-order valence-corrected chi connectivity index (χ1v) is 5.20. The van der Waals surface area contributed by atoms with Gasteiger partial charge in [-0.15, -0.1) is 0 Å². The molecule has 0 saturated heterocycles. The molecule has 1 aromatic rings. The molecular weight excluding hydrogens is 206 g/mol. The second-order valence-corrected chi connectivity index (χ2v) is 3.38. The molecule has 0 aliphatic heterocycles. The smallest absolute Gasteiger partial charge is 0.181 e. The summed E-state index contributed by atoms with van der Waals surface area (Å²) in [6, 6.07) is 6.33. The summed E-state index contributed by atoms with van der Waals surface area (Å²) < 4.78 is 10.1. The molecule has 4 nitrogen and oxygen atoms in total. The van der Waals surface area contributed by atoms with Gasteiger partial charge in [-0.3, -0.25) is 4.79 Å². The maximum Gasteiger partial charge on any atom is 0.181 e. The maximum absolute atomic E-state index is 11.8. The van der Waals surface area contributed by atoms with Crippen LogP contribution in [-0.4, -0.2) is 32.1 Å². The number of hydrogen-bond acceptors (Lipinski definition) is 4. The van der Waals surface area contributed by atoms with Gasteiger partial charge in [0.25, 0.3) is 0 Å². The minimum Gasteiger partial charge on any atom is -0.494 e. The van der Waals surface area contributed by atoms with Crippen molar-refractivity contribution in [2.24, 2.45) is 5.73 Å². The first-order valence-electron chi connectivity index (χ1n) is 5.20. The lowest BCUT2D eigenvalue weighted by atomic mass is 10.1. The summed E-state index contributed by atoms with van der Waals surface area (Å²) in [5, 5.41) is 0. The van der Waals surface area contributed by atoms with Gasteiger partial charge in [-0.2, -0.15) is 0 Å². The minimum atomic E-state index is -0.608. The average Bonchev–Trinajstić information content (AvgIpc) is 2.30. The Kier molecular flexibility index (Phi) is 4.95. The van der Waals surface area contributed by atoms with Gasteiger partial charge >= 0.3 is 0 Å². The lowest BCUT2D eigenvalue weighted by Crippen LogP contribution is -2.34. The molecule has 0 fully saturated rings. The number of rotatable bonds is 6. The summed E-state index contributed by atoms with van der Waals surface area (Å²) in [6.07, 6.45) is 0. The van der Waals surface area contributed by atoms with Gasteiger partial charge in [-0.25, -0.2) is 0 Å². The van der Waals surface area contributed by atoms with Gasteiger partial charge in [-0.05, 0) is 31.2 Å². The Morgan fingerprint density at radius 3 is 2.50 bits per heavy atom. The molecule has 88 valence electrons. The zero-order valence-corrected chi connectivity index (χ0v) is 9.60. The number of ketones is 1. The molecule has 0 saturated carbocycles. The van der Waals surface area contributed by atoms with Crippen molar-refractivity contribution in [1.29, 1.82) is 0 Å². The zero-order valence-electron chi connectivity index (χ0n) is 9.60. The Labute approximate surface area is 95.3 Å². The van der Waals surface area contributed by atoms with E-state index in [1.165, 1.54) is 7.11 Å². The molecule has 1 atom stereocenters. The molecule has 0 aromatic heterocycles. The molecular formula is C12H17NO3. The monoisotopic (exact) mass is 223 g/mol. The second-order valence-electron chi connectivity index (χ2n) is 3.38. The molecule has 16 heavy (non-hydrogen) atoms. The summed E-state index contributed by atoms with van der Waals surface area (Å²) in [6.45, 7) is 2.75. The highest BCUT2D eigenvalue weighted by Gasteiger charge is 2.15. The molecule has 0 amide bonds. The van der Waals surface area contributed by atoms with Gasteiger partial charge in [0, 0.05) is 12.7 Å². The third-order valence-electron chi connectivity index (χ3n) is 2.13. The molecule has 1 rings (SSSR count). The Morgan fingerprint density at radius 2 is 2.00 bits per heavy atom. The number of carbonyl (C=O) groups excluding carboxylic acids is 1. The molecule has 0 radical (unpaired) electrons. The van der Waals surface area contributed by atoms with Gasteiger partial charge in [0.2, 0.25) is 0 Å². The quantitative estimate of drug-likeness (QED) is 0.737. The van der Waals surface area contributed by atoms with Crippen LogP contribution in [0.2, 0.25) is 0 Å². The van der Waals surface area contributed by atoms with Crippen molar-refractivity contribution in [3.63, 3.8) is 0 Å². The Morgan fingerprint density at radius 1 is 1.38 bits per heavy atom. The van der Waals surface area contributed by atoms with E-state index in [1.807, 2.05) is 6.92 Å². The van der Waals surface area contributed by atoms with E-state index in [0.717, 1.165) is 5.75 Å². The first-order chi connectivity index (χ1) is 7.69. The Hall–Kier alpha value is -1.39. The molecule has 0 heterocycles. The van der Waals surface area contributed by atoms with E-state index in [0.29, 0.717) is 12.2 Å². The number of nitrogens with two attached hydrogens (primary N) is 1. The number of hydrogen-bond donors (Lipinski definition) is 1. The van der Waals surface area contributed by atoms with Crippen molar-refractivity contribution in [3.8, 4) is 5.75 Å². The van der Waals surface area contributed by atoms with Crippen molar-refractivity contribution in [2.75, 3.05) is 20.3 Å². The number of Topliss-reactive ketones (excluding diaryl/α,β-unsaturated/α-hetero) is 1. The van der Waals surface area contributed by atoms with Crippen LogP contribution in [-0.2, 0) is 4.74 Å². The third-order valence-corrected chi connectivity index (χ3v) is 2.13. The van der Waals surface area contributed by atoms with Crippen molar-refractivity contribution in [2.45, 2.75) is 13.0 Å². The van der Waals surface area contributed by atoms with Crippen LogP contribution in [0.4, 0.5) is 0 Å². The van der Waals surface area contributed by atoms with Crippen LogP contribution in [0.3, 0.4) is 0 Å². The predicted molar refractivity (Wildman–Crippen MR) is 61.8 cm³/mol. The van der Waals surface area contributed by atoms with Gasteiger partial charge in [0.15, 0.2) is 5.78 Å². The van der Waals surface area contributed by atoms with Crippen LogP contribution in [0, 0.1) is 0 Å². The second kappa shape index (κ2) is 6.25. The van der Waals surface area contributed by atoms with E-state index in [4.69, 9.17) is 15.2 Å². The molecule has 4 heteroatoms. The third kappa shape index (κ3) is 3.32. The number of benzene rings is 1. The van der Waals surface area contributed by atoms with E-state index in [9.17, 15) is 4.79 Å². The highest BCUT2D eigenvalue weighted by atomic mass is 16.5. The highest BCUT2D eigenvalue weighted by molar-refractivity contribution is 6.00. The number of carbonyl (C=O) groups is 1. The summed E-state index contributed by atoms with van der Waals surface area (Å²) in [5.74, 6) is 0.629. The average molecular weight is 223 g/mol. The SMILES string of the molecule is CCOc1ccc(C(=O)C(N)COC)cc1. The fraction of sp³-hybridized carbons (Fsp3) is 0.417. The standard InChI is InChI=1S/C12H17NO3/c1-3-16-10-6-4-9(5-7-10)12(14)11(13)8-15-2/h4-7,11H,3,8,13H2,1-2H3. The van der Waals surface area contributed by atoms with Gasteiger partial charge in [0.1, 0.15) is 5.75 Å². The summed E-state index contributed by atoms with van der Waals surface area (Å²) in [4.78, 5) is 11.8. The molecule has 0 aliphatic carbocycles. The maximum atomic E-state index is 11.8. The van der Waals surface area contributed by atoms with E-state index in [2.05, 4.69) is 0 Å². The van der Waals surface area contributed by atoms with Crippen LogP contribution in [0.1, 0.15) is 17.3 Å². The normalized spacial score (nSPS) is 12.2. The van der Waals surface area contributed by atoms with E-state index in [1.54, 1.807) is 24.3 Å². The highest BCUT2D eigenvalue weighted by Crippen LogP contribution is 2.13. The van der Waals surface area contributed by atoms with Crippen LogP contribution in [0.5, 0.6) is 5.75 Å². The topological polar surface area (TPSA) is 61.5 Å². The van der Waals surface area contributed by atoms with Gasteiger partial charge in [0.05, 0.1) is 19.3 Å². The summed E-state index contributed by atoms with van der Waals surface area (Å²) in [5.41, 5.74) is 6.23. The molecule has 0 spiro atoms. The first kappa shape index (κ1) is 12.7.